The molecule has 0 aromatic heterocycles. The fraction of sp³-hybridized carbons (Fsp3) is 0.231. The summed E-state index contributed by atoms with van der Waals surface area (Å²) in [6, 6.07) is 22.7. The molecule has 0 N–H and O–H groups in total. The number of hydrogen-bond acceptors (Lipinski definition) is 5. The van der Waals surface area contributed by atoms with Gasteiger partial charge in [0.15, 0.2) is 0 Å². The number of carbonyl (C=O) groups excluding carboxylic acids is 2. The van der Waals surface area contributed by atoms with Crippen molar-refractivity contribution in [2.45, 2.75) is 19.9 Å². The van der Waals surface area contributed by atoms with Crippen molar-refractivity contribution in [3.05, 3.63) is 93.4 Å². The second-order valence-corrected chi connectivity index (χ2v) is 8.60. The number of hydrogen-bond donors (Lipinski definition) is 0. The molecule has 0 aliphatic carbocycles. The number of cyclic esters (lactones) is 1. The molecule has 1 amide bonds. The quantitative estimate of drug-likeness (QED) is 0.311. The Hall–Kier alpha value is -3.03. The number of amides is 1. The molecule has 1 heterocycles. The van der Waals surface area contributed by atoms with Crippen LogP contribution in [0.5, 0.6) is 11.5 Å². The molecule has 4 rings (SSSR count). The van der Waals surface area contributed by atoms with E-state index in [-0.39, 0.29) is 18.5 Å². The molecule has 8 heteroatoms. The van der Waals surface area contributed by atoms with Crippen LogP contribution in [-0.4, -0.2) is 36.7 Å². The molecule has 0 atom stereocenters. The van der Waals surface area contributed by atoms with Gasteiger partial charge in [0.1, 0.15) is 18.1 Å². The molecule has 0 radical (unpaired) electrons. The minimum atomic E-state index is -0.349. The van der Waals surface area contributed by atoms with E-state index < -0.39 is 0 Å². The third kappa shape index (κ3) is 7.78. The summed E-state index contributed by atoms with van der Waals surface area (Å²) in [5, 5.41) is 0.469. The molecule has 1 saturated heterocycles. The van der Waals surface area contributed by atoms with Crippen LogP contribution in [0.2, 0.25) is 5.02 Å². The van der Waals surface area contributed by atoms with Crippen molar-refractivity contribution < 1.29 is 23.8 Å². The zero-order valence-electron chi connectivity index (χ0n) is 18.7. The van der Waals surface area contributed by atoms with Gasteiger partial charge < -0.3 is 19.1 Å². The van der Waals surface area contributed by atoms with Crippen molar-refractivity contribution in [2.75, 3.05) is 19.8 Å². The average molecular weight is 547 g/mol. The first kappa shape index (κ1) is 25.6. The molecule has 0 bridgehead atoms. The van der Waals surface area contributed by atoms with Crippen LogP contribution in [0.15, 0.2) is 77.3 Å². The minimum Gasteiger partial charge on any atom is -0.466 e. The highest BCUT2D eigenvalue weighted by Crippen LogP contribution is 2.32. The molecule has 1 fully saturated rings. The van der Waals surface area contributed by atoms with Gasteiger partial charge in [-0.25, -0.2) is 4.79 Å². The maximum atomic E-state index is 11.8. The Bertz CT molecular complexity index is 1080. The summed E-state index contributed by atoms with van der Waals surface area (Å²) in [6.45, 7) is 3.36. The third-order valence-corrected chi connectivity index (χ3v) is 5.64. The monoisotopic (exact) mass is 545 g/mol. The van der Waals surface area contributed by atoms with E-state index in [9.17, 15) is 9.59 Å². The molecule has 0 saturated carbocycles. The number of benzene rings is 3. The largest absolute Gasteiger partial charge is 0.466 e. The van der Waals surface area contributed by atoms with Gasteiger partial charge in [-0.05, 0) is 48.9 Å². The van der Waals surface area contributed by atoms with Gasteiger partial charge in [-0.2, -0.15) is 0 Å². The molecule has 3 aromatic carbocycles. The predicted molar refractivity (Wildman–Crippen MR) is 134 cm³/mol. The van der Waals surface area contributed by atoms with Crippen LogP contribution < -0.4 is 4.74 Å². The summed E-state index contributed by atoms with van der Waals surface area (Å²) in [6.07, 6.45) is -0.273. The average Bonchev–Trinajstić information content (AvgIpc) is 3.24. The predicted octanol–water partition coefficient (Wildman–Crippen LogP) is 6.64. The third-order valence-electron chi connectivity index (χ3n) is 4.78. The maximum absolute atomic E-state index is 11.8. The van der Waals surface area contributed by atoms with Crippen molar-refractivity contribution >= 4 is 39.6 Å². The van der Waals surface area contributed by atoms with Crippen LogP contribution in [-0.2, 0) is 27.2 Å². The van der Waals surface area contributed by atoms with Crippen LogP contribution in [0.4, 0.5) is 4.79 Å². The smallest absolute Gasteiger partial charge is 0.410 e. The highest BCUT2D eigenvalue weighted by Gasteiger charge is 2.23. The van der Waals surface area contributed by atoms with Gasteiger partial charge in [0.05, 0.1) is 26.1 Å². The molecule has 1 aliphatic rings. The summed E-state index contributed by atoms with van der Waals surface area (Å²) in [4.78, 5) is 25.2. The van der Waals surface area contributed by atoms with Gasteiger partial charge in [-0.15, -0.1) is 0 Å². The normalized spacial score (nSPS) is 12.4. The molecular weight excluding hydrogens is 522 g/mol. The highest BCUT2D eigenvalue weighted by atomic mass is 79.9. The lowest BCUT2D eigenvalue weighted by Gasteiger charge is -2.17. The lowest BCUT2D eigenvalue weighted by atomic mass is 10.1. The molecule has 3 aromatic rings. The Morgan fingerprint density at radius 3 is 2.38 bits per heavy atom. The van der Waals surface area contributed by atoms with Crippen molar-refractivity contribution in [1.82, 2.24) is 4.90 Å². The van der Waals surface area contributed by atoms with Crippen LogP contribution in [0, 0.1) is 0 Å². The van der Waals surface area contributed by atoms with Gasteiger partial charge in [-0.3, -0.25) is 4.79 Å². The van der Waals surface area contributed by atoms with Crippen LogP contribution in [0.1, 0.15) is 18.1 Å². The van der Waals surface area contributed by atoms with Gasteiger partial charge in [0.25, 0.3) is 0 Å². The lowest BCUT2D eigenvalue weighted by Crippen LogP contribution is -2.23. The number of halogens is 2. The second kappa shape index (κ2) is 13.0. The van der Waals surface area contributed by atoms with Gasteiger partial charge in [0, 0.05) is 15.1 Å². The number of rotatable bonds is 7. The molecular formula is C26H25BrClNO5. The van der Waals surface area contributed by atoms with Crippen LogP contribution >= 0.6 is 27.5 Å². The Kier molecular flexibility index (Phi) is 9.79. The summed E-state index contributed by atoms with van der Waals surface area (Å²) in [5.74, 6) is 0.794. The minimum absolute atomic E-state index is 0.0662. The standard InChI is InChI=1S/C20H19BrClNO5.C6H6/c1-2-26-19(24)11-13-10-16(4-5-17(13)22)28-18-6-3-15(21)9-14(18)12-23-7-8-27-20(23)25;1-2-4-6-5-3-1/h3-6,9-10H,2,7-8,11-12H2,1H3;1-6H. The van der Waals surface area contributed by atoms with E-state index in [2.05, 4.69) is 15.9 Å². The van der Waals surface area contributed by atoms with Gasteiger partial charge in [0.2, 0.25) is 0 Å². The van der Waals surface area contributed by atoms with Gasteiger partial charge >= 0.3 is 12.1 Å². The molecule has 0 unspecified atom stereocenters. The number of nitrogens with zero attached hydrogens (tertiary/aromatic N) is 1. The van der Waals surface area contributed by atoms with Gasteiger partial charge in [-0.1, -0.05) is 63.9 Å². The maximum Gasteiger partial charge on any atom is 0.410 e. The number of esters is 1. The van der Waals surface area contributed by atoms with E-state index in [1.807, 2.05) is 54.6 Å². The van der Waals surface area contributed by atoms with E-state index in [1.165, 1.54) is 0 Å². The molecule has 6 nitrogen and oxygen atoms in total. The lowest BCUT2D eigenvalue weighted by molar-refractivity contribution is -0.142. The van der Waals surface area contributed by atoms with E-state index in [1.54, 1.807) is 30.0 Å². The first-order valence-corrected chi connectivity index (χ1v) is 12.0. The molecule has 178 valence electrons. The first-order valence-electron chi connectivity index (χ1n) is 10.8. The van der Waals surface area contributed by atoms with E-state index >= 15 is 0 Å². The zero-order chi connectivity index (χ0) is 24.3. The van der Waals surface area contributed by atoms with E-state index in [0.717, 1.165) is 10.0 Å². The number of carbonyl (C=O) groups is 2. The number of ether oxygens (including phenoxy) is 3. The summed E-state index contributed by atoms with van der Waals surface area (Å²) < 4.78 is 16.9. The zero-order valence-corrected chi connectivity index (χ0v) is 21.1. The summed E-state index contributed by atoms with van der Waals surface area (Å²) in [7, 11) is 0. The fourth-order valence-electron chi connectivity index (χ4n) is 3.18. The molecule has 0 spiro atoms. The summed E-state index contributed by atoms with van der Waals surface area (Å²) >= 11 is 9.65. The topological polar surface area (TPSA) is 65.1 Å². The van der Waals surface area contributed by atoms with Crippen molar-refractivity contribution in [3.8, 4) is 11.5 Å². The molecule has 1 aliphatic heterocycles. The highest BCUT2D eigenvalue weighted by molar-refractivity contribution is 9.10. The van der Waals surface area contributed by atoms with E-state index in [0.29, 0.717) is 48.4 Å². The Balaban J connectivity index is 0.000000469. The Labute approximate surface area is 212 Å². The van der Waals surface area contributed by atoms with E-state index in [4.69, 9.17) is 25.8 Å². The molecule has 34 heavy (non-hydrogen) atoms. The summed E-state index contributed by atoms with van der Waals surface area (Å²) in [5.41, 5.74) is 1.45. The van der Waals surface area contributed by atoms with Crippen LogP contribution in [0.3, 0.4) is 0 Å². The van der Waals surface area contributed by atoms with Crippen molar-refractivity contribution in [1.29, 1.82) is 0 Å². The first-order chi connectivity index (χ1) is 16.5. The Morgan fingerprint density at radius 1 is 1.06 bits per heavy atom. The van der Waals surface area contributed by atoms with Crippen molar-refractivity contribution in [2.24, 2.45) is 0 Å². The fourth-order valence-corrected chi connectivity index (χ4v) is 3.77. The van der Waals surface area contributed by atoms with Crippen molar-refractivity contribution in [3.63, 3.8) is 0 Å². The Morgan fingerprint density at radius 2 is 1.76 bits per heavy atom. The van der Waals surface area contributed by atoms with Crippen LogP contribution in [0.25, 0.3) is 0 Å². The second-order valence-electron chi connectivity index (χ2n) is 7.28. The SMILES string of the molecule is CCOC(=O)Cc1cc(Oc2ccc(Br)cc2CN2CCOC2=O)ccc1Cl.c1ccccc1.